The van der Waals surface area contributed by atoms with Gasteiger partial charge in [0.2, 0.25) is 12.7 Å². The highest BCUT2D eigenvalue weighted by Gasteiger charge is 2.55. The van der Waals surface area contributed by atoms with E-state index in [1.54, 1.807) is 6.92 Å². The van der Waals surface area contributed by atoms with Crippen LogP contribution in [0.25, 0.3) is 6.08 Å². The first kappa shape index (κ1) is 32.8. The lowest BCUT2D eigenvalue weighted by molar-refractivity contribution is -0.137. The predicted molar refractivity (Wildman–Crippen MR) is 172 cm³/mol. The van der Waals surface area contributed by atoms with E-state index in [2.05, 4.69) is 21.2 Å². The number of phenols is 1. The molecule has 0 spiro atoms. The molecule has 3 aromatic carbocycles. The van der Waals surface area contributed by atoms with Gasteiger partial charge in [-0.2, -0.15) is 13.2 Å². The third-order valence-electron chi connectivity index (χ3n) is 10.1. The van der Waals surface area contributed by atoms with Crippen LogP contribution in [-0.4, -0.2) is 66.9 Å². The first-order valence-corrected chi connectivity index (χ1v) is 15.9. The van der Waals surface area contributed by atoms with Crippen molar-refractivity contribution in [2.24, 2.45) is 0 Å². The fraction of sp³-hybridized carbons (Fsp3) is 0.389. The SMILES string of the molecule is COc1c(C)cc2c(c1O)C1C3Cc4c(OC(C)=O)c(C)c5c(c4C(CNC(=O)/C=C/c4cccc(C(F)(F)F)c4)N3CC2N1C)OCO5. The standard InChI is InChI=1S/C36H36F3N3O7/c1-17-11-22-26-15-42-24(30(41(26)4)29(22)31(45)32(17)46-5)13-23-28(35-34(47-16-48-35)18(2)33(23)49-19(3)43)25(42)14-40-27(44)10-9-20-7-6-8-21(12-20)36(37,38)39/h6-12,24-26,30,45H,13-16H2,1-5H3,(H,40,44)/b10-9+. The lowest BCUT2D eigenvalue weighted by Crippen LogP contribution is -2.57. The van der Waals surface area contributed by atoms with E-state index in [0.29, 0.717) is 41.5 Å². The summed E-state index contributed by atoms with van der Waals surface area (Å²) < 4.78 is 63.1. The van der Waals surface area contributed by atoms with Gasteiger partial charge in [0.15, 0.2) is 23.0 Å². The number of hydrogen-bond donors (Lipinski definition) is 2. The molecule has 13 heteroatoms. The summed E-state index contributed by atoms with van der Waals surface area (Å²) in [6.45, 7) is 5.65. The van der Waals surface area contributed by atoms with Crippen LogP contribution in [0.2, 0.25) is 0 Å². The number of alkyl halides is 3. The van der Waals surface area contributed by atoms with E-state index < -0.39 is 29.7 Å². The number of aromatic hydroxyl groups is 1. The molecule has 4 aliphatic heterocycles. The zero-order valence-electron chi connectivity index (χ0n) is 27.6. The number of esters is 1. The monoisotopic (exact) mass is 679 g/mol. The van der Waals surface area contributed by atoms with Gasteiger partial charge in [0.25, 0.3) is 0 Å². The number of benzene rings is 3. The van der Waals surface area contributed by atoms with Crippen molar-refractivity contribution in [3.8, 4) is 28.7 Å². The summed E-state index contributed by atoms with van der Waals surface area (Å²) in [5, 5.41) is 14.5. The van der Waals surface area contributed by atoms with Crippen LogP contribution in [0.4, 0.5) is 13.2 Å². The molecule has 1 saturated heterocycles. The highest BCUT2D eigenvalue weighted by molar-refractivity contribution is 5.91. The third-order valence-corrected chi connectivity index (χ3v) is 10.1. The number of methoxy groups -OCH3 is 1. The number of carbonyl (C=O) groups is 2. The number of rotatable bonds is 6. The Morgan fingerprint density at radius 1 is 1.12 bits per heavy atom. The van der Waals surface area contributed by atoms with E-state index in [1.807, 2.05) is 14.0 Å². The van der Waals surface area contributed by atoms with Crippen LogP contribution in [0.5, 0.6) is 28.7 Å². The zero-order chi connectivity index (χ0) is 34.9. The quantitative estimate of drug-likeness (QED) is 0.198. The van der Waals surface area contributed by atoms with Crippen LogP contribution >= 0.6 is 0 Å². The Kier molecular flexibility index (Phi) is 8.02. The second-order valence-electron chi connectivity index (χ2n) is 12.9. The molecular weight excluding hydrogens is 643 g/mol. The molecule has 4 atom stereocenters. The van der Waals surface area contributed by atoms with Gasteiger partial charge < -0.3 is 29.4 Å². The molecule has 3 aromatic rings. The second kappa shape index (κ2) is 12.0. The molecule has 0 saturated carbocycles. The summed E-state index contributed by atoms with van der Waals surface area (Å²) in [5.41, 5.74) is 4.12. The first-order chi connectivity index (χ1) is 23.3. The third kappa shape index (κ3) is 5.35. The number of carbonyl (C=O) groups excluding carboxylic acids is 2. The van der Waals surface area contributed by atoms with E-state index in [1.165, 1.54) is 38.3 Å². The summed E-state index contributed by atoms with van der Waals surface area (Å²) in [7, 11) is 3.55. The van der Waals surface area contributed by atoms with Gasteiger partial charge in [-0.3, -0.25) is 19.4 Å². The largest absolute Gasteiger partial charge is 0.504 e. The molecule has 7 rings (SSSR count). The zero-order valence-corrected chi connectivity index (χ0v) is 27.6. The average Bonchev–Trinajstić information content (AvgIpc) is 3.60. The molecule has 1 amide bonds. The number of fused-ring (bicyclic) bond motifs is 10. The van der Waals surface area contributed by atoms with Gasteiger partial charge >= 0.3 is 12.1 Å². The van der Waals surface area contributed by atoms with Crippen molar-refractivity contribution in [1.29, 1.82) is 0 Å². The number of piperazine rings is 1. The predicted octanol–water partition coefficient (Wildman–Crippen LogP) is 5.53. The molecule has 49 heavy (non-hydrogen) atoms. The lowest BCUT2D eigenvalue weighted by Gasteiger charge is -2.52. The molecule has 0 aromatic heterocycles. The van der Waals surface area contributed by atoms with Gasteiger partial charge in [-0.05, 0) is 62.2 Å². The number of halogens is 3. The van der Waals surface area contributed by atoms with E-state index >= 15 is 0 Å². The van der Waals surface area contributed by atoms with Crippen LogP contribution in [0.15, 0.2) is 36.4 Å². The number of hydrogen-bond acceptors (Lipinski definition) is 9. The van der Waals surface area contributed by atoms with Crippen molar-refractivity contribution in [2.45, 2.75) is 57.5 Å². The van der Waals surface area contributed by atoms with Gasteiger partial charge in [-0.1, -0.05) is 18.2 Å². The minimum Gasteiger partial charge on any atom is -0.504 e. The van der Waals surface area contributed by atoms with E-state index in [9.17, 15) is 27.9 Å². The minimum absolute atomic E-state index is 0.0270. The number of amides is 1. The molecule has 1 fully saturated rings. The smallest absolute Gasteiger partial charge is 0.416 e. The Labute approximate surface area is 281 Å². The second-order valence-corrected chi connectivity index (χ2v) is 12.9. The number of nitrogens with zero attached hydrogens (tertiary/aromatic N) is 2. The highest BCUT2D eigenvalue weighted by atomic mass is 19.4. The van der Waals surface area contributed by atoms with Crippen molar-refractivity contribution < 1.29 is 46.8 Å². The van der Waals surface area contributed by atoms with Crippen molar-refractivity contribution >= 4 is 18.0 Å². The van der Waals surface area contributed by atoms with Crippen LogP contribution in [0, 0.1) is 13.8 Å². The molecule has 4 heterocycles. The number of nitrogens with one attached hydrogen (secondary N) is 1. The summed E-state index contributed by atoms with van der Waals surface area (Å²) >= 11 is 0. The van der Waals surface area contributed by atoms with Gasteiger partial charge in [-0.25, -0.2) is 0 Å². The molecule has 10 nitrogen and oxygen atoms in total. The van der Waals surface area contributed by atoms with Gasteiger partial charge in [0.05, 0.1) is 24.8 Å². The first-order valence-electron chi connectivity index (χ1n) is 15.9. The molecule has 2 bridgehead atoms. The number of likely N-dealkylation sites (N-methyl/N-ethyl adjacent to an activating group) is 1. The molecule has 258 valence electrons. The summed E-state index contributed by atoms with van der Waals surface area (Å²) in [4.78, 5) is 30.2. The minimum atomic E-state index is -4.51. The van der Waals surface area contributed by atoms with Crippen LogP contribution in [0.1, 0.15) is 69.6 Å². The van der Waals surface area contributed by atoms with Crippen LogP contribution in [-0.2, 0) is 22.2 Å². The van der Waals surface area contributed by atoms with Crippen LogP contribution < -0.4 is 24.3 Å². The summed E-state index contributed by atoms with van der Waals surface area (Å²) in [6, 6.07) is 5.72. The van der Waals surface area contributed by atoms with Crippen molar-refractivity contribution in [3.05, 3.63) is 80.9 Å². The molecule has 4 unspecified atom stereocenters. The Morgan fingerprint density at radius 3 is 2.59 bits per heavy atom. The molecule has 0 radical (unpaired) electrons. The van der Waals surface area contributed by atoms with Crippen LogP contribution in [0.3, 0.4) is 0 Å². The topological polar surface area (TPSA) is 110 Å². The Balaban J connectivity index is 1.29. The molecular formula is C36H36F3N3O7. The Morgan fingerprint density at radius 2 is 1.88 bits per heavy atom. The molecule has 4 aliphatic rings. The maximum Gasteiger partial charge on any atom is 0.416 e. The average molecular weight is 680 g/mol. The van der Waals surface area contributed by atoms with E-state index in [0.717, 1.165) is 39.9 Å². The molecule has 2 N–H and O–H groups in total. The highest BCUT2D eigenvalue weighted by Crippen LogP contribution is 2.60. The summed E-state index contributed by atoms with van der Waals surface area (Å²) in [5.74, 6) is 0.870. The normalized spacial score (nSPS) is 22.4. The van der Waals surface area contributed by atoms with Gasteiger partial charge in [0, 0.05) is 60.4 Å². The number of aryl methyl sites for hydroxylation is 1. The fourth-order valence-electron chi connectivity index (χ4n) is 8.10. The molecule has 0 aliphatic carbocycles. The number of ether oxygens (including phenoxy) is 4. The van der Waals surface area contributed by atoms with E-state index in [4.69, 9.17) is 18.9 Å². The Hall–Kier alpha value is -4.75. The maximum atomic E-state index is 13.2. The number of phenolic OH excluding ortho intramolecular Hbond substituents is 1. The van der Waals surface area contributed by atoms with Gasteiger partial charge in [-0.15, -0.1) is 0 Å². The van der Waals surface area contributed by atoms with E-state index in [-0.39, 0.29) is 42.8 Å². The van der Waals surface area contributed by atoms with Crippen molar-refractivity contribution in [2.75, 3.05) is 34.0 Å². The van der Waals surface area contributed by atoms with Crippen molar-refractivity contribution in [1.82, 2.24) is 15.1 Å². The lowest BCUT2D eigenvalue weighted by atomic mass is 9.80. The van der Waals surface area contributed by atoms with Gasteiger partial charge in [0.1, 0.15) is 5.75 Å². The maximum absolute atomic E-state index is 13.2. The fourth-order valence-corrected chi connectivity index (χ4v) is 8.10. The Bertz CT molecular complexity index is 1910. The summed E-state index contributed by atoms with van der Waals surface area (Å²) in [6.07, 6.45) is -1.53. The van der Waals surface area contributed by atoms with Crippen molar-refractivity contribution in [3.63, 3.8) is 0 Å².